The Morgan fingerprint density at radius 3 is 2.43 bits per heavy atom. The Morgan fingerprint density at radius 1 is 1.09 bits per heavy atom. The van der Waals surface area contributed by atoms with Crippen LogP contribution in [0.5, 0.6) is 0 Å². The summed E-state index contributed by atoms with van der Waals surface area (Å²) in [7, 11) is 2.90. The number of nitrogens with two attached hydrogens (primary N) is 1. The summed E-state index contributed by atoms with van der Waals surface area (Å²) in [6.45, 7) is 3.67. The number of fused-ring (bicyclic) bond motifs is 1. The van der Waals surface area contributed by atoms with E-state index < -0.39 is 78.6 Å². The molecule has 0 bridgehead atoms. The standard InChI is InChI=1S/C32H43N7O13S2/c1-32(2,8-3-4-22(43)35-17(12-24(44)45)28(48)36-18(30(50)51)13-25(46)47)54-53-11-7-21(42)34-9-5-16-15-39(23-14-19(41)20(52-23)6-10-40)27-26(16)29(49)38-31(33)37-27/h15,17-20,23,40-41H,3-4,6-8,10-14H2,1-2H3,(H,34,42)(H,35,43)(H,36,48)(H,44,45)(H,46,47)(H,50,51)(H3,33,37,38,49). The number of aromatic amines is 1. The number of carbonyl (C=O) groups excluding carboxylic acids is 3. The zero-order valence-electron chi connectivity index (χ0n) is 29.3. The maximum atomic E-state index is 12.8. The Kier molecular flexibility index (Phi) is 16.2. The maximum absolute atomic E-state index is 12.8. The predicted octanol–water partition coefficient (Wildman–Crippen LogP) is -0.513. The number of amides is 3. The summed E-state index contributed by atoms with van der Waals surface area (Å²) in [5.41, 5.74) is 5.63. The van der Waals surface area contributed by atoms with Gasteiger partial charge in [-0.2, -0.15) is 4.98 Å². The summed E-state index contributed by atoms with van der Waals surface area (Å²) >= 11 is 0. The number of carbonyl (C=O) groups is 6. The zero-order chi connectivity index (χ0) is 40.2. The van der Waals surface area contributed by atoms with Gasteiger partial charge in [0.05, 0.1) is 30.6 Å². The maximum Gasteiger partial charge on any atom is 0.326 e. The molecule has 54 heavy (non-hydrogen) atoms. The molecule has 2 aromatic rings. The molecule has 20 nitrogen and oxygen atoms in total. The molecule has 3 heterocycles. The third-order valence-corrected chi connectivity index (χ3v) is 11.3. The van der Waals surface area contributed by atoms with Crippen LogP contribution in [-0.2, 0) is 33.5 Å². The quantitative estimate of drug-likeness (QED) is 0.0349. The number of aliphatic carboxylic acids is 3. The molecule has 0 aromatic carbocycles. The Morgan fingerprint density at radius 2 is 1.78 bits per heavy atom. The van der Waals surface area contributed by atoms with E-state index in [0.717, 1.165) is 0 Å². The van der Waals surface area contributed by atoms with E-state index in [2.05, 4.69) is 32.6 Å². The number of H-pyrrole nitrogens is 1. The molecule has 5 atom stereocenters. The van der Waals surface area contributed by atoms with Crippen LogP contribution in [0.4, 0.5) is 5.95 Å². The smallest absolute Gasteiger partial charge is 0.326 e. The summed E-state index contributed by atoms with van der Waals surface area (Å²) < 4.78 is 7.05. The monoisotopic (exact) mass is 797 g/mol. The number of anilines is 1. The Hall–Kier alpha value is -4.82. The SMILES string of the molecule is CC(C)(CCCC(=O)NC(CC(=O)O)C(=O)NC(CC(=O)O)C(=O)O)SSCCC(=O)NC#Cc1cn(C2CC(O)C(CCO)O2)c2nc(N)[nH]c(=O)c12. The van der Waals surface area contributed by atoms with E-state index in [4.69, 9.17) is 25.8 Å². The third kappa shape index (κ3) is 13.2. The molecule has 3 amide bonds. The number of aromatic nitrogens is 3. The summed E-state index contributed by atoms with van der Waals surface area (Å²) in [5, 5.41) is 53.6. The van der Waals surface area contributed by atoms with Crippen LogP contribution in [-0.4, -0.2) is 117 Å². The van der Waals surface area contributed by atoms with Crippen molar-refractivity contribution >= 4 is 74.2 Å². The molecule has 2 aromatic heterocycles. The van der Waals surface area contributed by atoms with Gasteiger partial charge in [0.25, 0.3) is 5.56 Å². The third-order valence-electron chi connectivity index (χ3n) is 7.93. The highest BCUT2D eigenvalue weighted by atomic mass is 33.1. The number of hydrogen-bond acceptors (Lipinski definition) is 14. The summed E-state index contributed by atoms with van der Waals surface area (Å²) in [6, 6.07) is -0.869. The van der Waals surface area contributed by atoms with Crippen molar-refractivity contribution in [2.45, 2.75) is 100 Å². The molecule has 5 unspecified atom stereocenters. The number of aliphatic hydroxyl groups is 2. The van der Waals surface area contributed by atoms with Gasteiger partial charge in [-0.3, -0.25) is 39.1 Å². The van der Waals surface area contributed by atoms with Gasteiger partial charge in [0.2, 0.25) is 23.7 Å². The minimum Gasteiger partial charge on any atom is -0.481 e. The molecule has 1 aliphatic rings. The molecule has 0 saturated carbocycles. The molecule has 1 fully saturated rings. The number of hydrogen-bond donors (Lipinski definition) is 10. The van der Waals surface area contributed by atoms with E-state index in [9.17, 15) is 43.8 Å². The fourth-order valence-corrected chi connectivity index (χ4v) is 7.95. The first-order valence-corrected chi connectivity index (χ1v) is 18.9. The highest BCUT2D eigenvalue weighted by molar-refractivity contribution is 8.77. The van der Waals surface area contributed by atoms with Crippen molar-refractivity contribution in [3.05, 3.63) is 22.1 Å². The van der Waals surface area contributed by atoms with E-state index in [-0.39, 0.29) is 65.5 Å². The van der Waals surface area contributed by atoms with Crippen LogP contribution in [0.2, 0.25) is 0 Å². The average molecular weight is 798 g/mol. The van der Waals surface area contributed by atoms with Crippen LogP contribution >= 0.6 is 21.6 Å². The fourth-order valence-electron chi connectivity index (χ4n) is 5.34. The number of nitrogen functional groups attached to an aromatic ring is 1. The average Bonchev–Trinajstić information content (AvgIpc) is 3.61. The Balaban J connectivity index is 1.47. The number of ether oxygens (including phenoxy) is 1. The summed E-state index contributed by atoms with van der Waals surface area (Å²) in [5.74, 6) is -3.71. The van der Waals surface area contributed by atoms with Gasteiger partial charge in [-0.15, -0.1) is 0 Å². The molecule has 1 aliphatic heterocycles. The first kappa shape index (κ1) is 43.6. The van der Waals surface area contributed by atoms with E-state index in [1.165, 1.54) is 32.4 Å². The van der Waals surface area contributed by atoms with Gasteiger partial charge in [0.1, 0.15) is 23.7 Å². The van der Waals surface area contributed by atoms with Crippen LogP contribution in [0.15, 0.2) is 11.0 Å². The van der Waals surface area contributed by atoms with Gasteiger partial charge in [-0.1, -0.05) is 21.6 Å². The lowest BCUT2D eigenvalue weighted by atomic mass is 10.0. The molecule has 296 valence electrons. The second-order valence-corrected chi connectivity index (χ2v) is 15.9. The van der Waals surface area contributed by atoms with Crippen LogP contribution in [0, 0.1) is 12.0 Å². The molecular formula is C32H43N7O13S2. The first-order valence-electron chi connectivity index (χ1n) is 16.6. The highest BCUT2D eigenvalue weighted by Crippen LogP contribution is 2.39. The van der Waals surface area contributed by atoms with E-state index in [1.54, 1.807) is 0 Å². The Bertz CT molecular complexity index is 1840. The number of carboxylic acids is 3. The van der Waals surface area contributed by atoms with Crippen molar-refractivity contribution in [2.75, 3.05) is 18.1 Å². The lowest BCUT2D eigenvalue weighted by Gasteiger charge is -2.23. The van der Waals surface area contributed by atoms with Crippen molar-refractivity contribution in [1.82, 2.24) is 30.5 Å². The van der Waals surface area contributed by atoms with Crippen LogP contribution in [0.25, 0.3) is 11.0 Å². The van der Waals surface area contributed by atoms with Gasteiger partial charge in [0.15, 0.2) is 5.65 Å². The van der Waals surface area contributed by atoms with Gasteiger partial charge in [-0.25, -0.2) is 4.79 Å². The van der Waals surface area contributed by atoms with Crippen molar-refractivity contribution < 1.29 is 59.0 Å². The lowest BCUT2D eigenvalue weighted by molar-refractivity contribution is -0.148. The summed E-state index contributed by atoms with van der Waals surface area (Å²) in [6.07, 6.45) is -1.12. The number of nitrogens with zero attached hydrogens (tertiary/aromatic N) is 2. The zero-order valence-corrected chi connectivity index (χ0v) is 31.0. The van der Waals surface area contributed by atoms with E-state index in [1.807, 2.05) is 19.2 Å². The van der Waals surface area contributed by atoms with Gasteiger partial charge in [-0.05, 0) is 39.0 Å². The Labute approximate surface area is 315 Å². The molecule has 0 radical (unpaired) electrons. The minimum absolute atomic E-state index is 0.0789. The molecular weight excluding hydrogens is 755 g/mol. The molecule has 0 spiro atoms. The topological polar surface area (TPSA) is 326 Å². The highest BCUT2D eigenvalue weighted by Gasteiger charge is 2.36. The molecule has 0 aliphatic carbocycles. The number of nitrogens with one attached hydrogen (secondary N) is 4. The number of carboxylic acid groups (broad SMARTS) is 3. The van der Waals surface area contributed by atoms with E-state index >= 15 is 0 Å². The van der Waals surface area contributed by atoms with Crippen molar-refractivity contribution in [3.63, 3.8) is 0 Å². The molecule has 3 rings (SSSR count). The first-order chi connectivity index (χ1) is 25.4. The summed E-state index contributed by atoms with van der Waals surface area (Å²) in [4.78, 5) is 90.3. The largest absolute Gasteiger partial charge is 0.481 e. The minimum atomic E-state index is -1.82. The number of aliphatic hydroxyl groups excluding tert-OH is 2. The number of rotatable bonds is 20. The second-order valence-electron chi connectivity index (χ2n) is 12.8. The molecule has 22 heteroatoms. The fraction of sp³-hybridized carbons (Fsp3) is 0.562. The predicted molar refractivity (Wildman–Crippen MR) is 195 cm³/mol. The second kappa shape index (κ2) is 20.0. The molecule has 1 saturated heterocycles. The van der Waals surface area contributed by atoms with Crippen LogP contribution in [0.3, 0.4) is 0 Å². The molecule has 11 N–H and O–H groups in total. The van der Waals surface area contributed by atoms with Crippen LogP contribution in [0.1, 0.15) is 77.0 Å². The van der Waals surface area contributed by atoms with Gasteiger partial charge < -0.3 is 51.2 Å². The van der Waals surface area contributed by atoms with Crippen molar-refractivity contribution in [3.8, 4) is 12.0 Å². The van der Waals surface area contributed by atoms with Crippen molar-refractivity contribution in [1.29, 1.82) is 0 Å². The van der Waals surface area contributed by atoms with E-state index in [0.29, 0.717) is 18.6 Å². The van der Waals surface area contributed by atoms with Gasteiger partial charge in [0, 0.05) is 48.6 Å². The van der Waals surface area contributed by atoms with Gasteiger partial charge >= 0.3 is 17.9 Å². The van der Waals surface area contributed by atoms with Crippen LogP contribution < -0.4 is 27.2 Å². The normalized spacial score (nSPS) is 17.9. The lowest BCUT2D eigenvalue weighted by Crippen LogP contribution is -2.52. The van der Waals surface area contributed by atoms with Crippen molar-refractivity contribution in [2.24, 2.45) is 0 Å².